The van der Waals surface area contributed by atoms with E-state index >= 15 is 0 Å². The summed E-state index contributed by atoms with van der Waals surface area (Å²) in [4.78, 5) is 13.5. The number of ketones is 1. The molecular weight excluding hydrogens is 380 g/mol. The number of hydrogen-bond acceptors (Lipinski definition) is 2. The first-order valence-electron chi connectivity index (χ1n) is 13.5. The van der Waals surface area contributed by atoms with E-state index in [9.17, 15) is 9.90 Å². The number of aliphatic hydroxyl groups excluding tert-OH is 1. The van der Waals surface area contributed by atoms with E-state index < -0.39 is 0 Å². The lowest BCUT2D eigenvalue weighted by molar-refractivity contribution is -0.135. The Morgan fingerprint density at radius 3 is 2.45 bits per heavy atom. The molecule has 0 heterocycles. The van der Waals surface area contributed by atoms with Gasteiger partial charge in [-0.05, 0) is 104 Å². The first-order valence-corrected chi connectivity index (χ1v) is 13.5. The van der Waals surface area contributed by atoms with Crippen LogP contribution in [-0.2, 0) is 4.79 Å². The maximum absolute atomic E-state index is 13.5. The number of rotatable bonds is 6. The highest BCUT2D eigenvalue weighted by molar-refractivity contribution is 5.94. The van der Waals surface area contributed by atoms with Crippen molar-refractivity contribution in [1.29, 1.82) is 0 Å². The molecule has 4 aliphatic carbocycles. The second kappa shape index (κ2) is 8.62. The van der Waals surface area contributed by atoms with E-state index in [1.54, 1.807) is 0 Å². The molecule has 0 spiro atoms. The van der Waals surface area contributed by atoms with Crippen LogP contribution in [0.1, 0.15) is 106 Å². The van der Waals surface area contributed by atoms with Gasteiger partial charge >= 0.3 is 0 Å². The molecule has 0 saturated heterocycles. The Hall–Kier alpha value is -0.630. The van der Waals surface area contributed by atoms with Gasteiger partial charge in [0.2, 0.25) is 0 Å². The van der Waals surface area contributed by atoms with Gasteiger partial charge in [-0.1, -0.05) is 60.0 Å². The van der Waals surface area contributed by atoms with Crippen LogP contribution in [0.5, 0.6) is 0 Å². The van der Waals surface area contributed by atoms with Crippen LogP contribution in [0.15, 0.2) is 11.6 Å². The minimum absolute atomic E-state index is 0.147. The number of aliphatic hydroxyl groups is 1. The van der Waals surface area contributed by atoms with Crippen LogP contribution < -0.4 is 0 Å². The molecule has 0 amide bonds. The topological polar surface area (TPSA) is 37.3 Å². The van der Waals surface area contributed by atoms with Crippen molar-refractivity contribution < 1.29 is 9.90 Å². The minimum atomic E-state index is -0.243. The average Bonchev–Trinajstić information content (AvgIpc) is 3.06. The van der Waals surface area contributed by atoms with Crippen molar-refractivity contribution in [3.8, 4) is 0 Å². The molecule has 2 heteroatoms. The van der Waals surface area contributed by atoms with Crippen LogP contribution in [-0.4, -0.2) is 17.0 Å². The highest BCUT2D eigenvalue weighted by Crippen LogP contribution is 2.66. The molecule has 4 aliphatic rings. The fourth-order valence-electron chi connectivity index (χ4n) is 9.04. The Labute approximate surface area is 191 Å². The van der Waals surface area contributed by atoms with Gasteiger partial charge in [0.25, 0.3) is 0 Å². The lowest BCUT2D eigenvalue weighted by atomic mass is 9.46. The van der Waals surface area contributed by atoms with E-state index in [-0.39, 0.29) is 17.4 Å². The maximum Gasteiger partial charge on any atom is 0.159 e. The Kier molecular flexibility index (Phi) is 6.54. The van der Waals surface area contributed by atoms with Gasteiger partial charge in [-0.3, -0.25) is 4.79 Å². The third-order valence-corrected chi connectivity index (χ3v) is 11.1. The average molecular weight is 429 g/mol. The van der Waals surface area contributed by atoms with Crippen molar-refractivity contribution in [2.45, 2.75) is 112 Å². The summed E-state index contributed by atoms with van der Waals surface area (Å²) >= 11 is 0. The van der Waals surface area contributed by atoms with Crippen LogP contribution in [0.3, 0.4) is 0 Å². The lowest BCUT2D eigenvalue weighted by Crippen LogP contribution is -2.53. The van der Waals surface area contributed by atoms with Crippen molar-refractivity contribution in [1.82, 2.24) is 0 Å². The zero-order valence-corrected chi connectivity index (χ0v) is 21.1. The van der Waals surface area contributed by atoms with Gasteiger partial charge in [-0.2, -0.15) is 0 Å². The summed E-state index contributed by atoms with van der Waals surface area (Å²) < 4.78 is 0. The smallest absolute Gasteiger partial charge is 0.159 e. The molecule has 4 rings (SSSR count). The van der Waals surface area contributed by atoms with Crippen LogP contribution in [0, 0.1) is 52.3 Å². The number of fused-ring (bicyclic) bond motifs is 5. The lowest BCUT2D eigenvalue weighted by Gasteiger charge is -2.57. The molecule has 0 aliphatic heterocycles. The van der Waals surface area contributed by atoms with E-state index in [4.69, 9.17) is 0 Å². The summed E-state index contributed by atoms with van der Waals surface area (Å²) in [6, 6.07) is 0. The second-order valence-corrected chi connectivity index (χ2v) is 12.8. The highest BCUT2D eigenvalue weighted by atomic mass is 16.3. The SMILES string of the molecule is CC[C@@H](CC[C@@H](C)[C@H]1CC[C@H]2[C@@H]3C(=O)C=C4C[C@@H](O)CC[C@]4(C)[C@@H]3CC[C@]12C)C(C)C. The zero-order valence-electron chi connectivity index (χ0n) is 21.1. The number of hydrogen-bond donors (Lipinski definition) is 1. The van der Waals surface area contributed by atoms with Crippen molar-refractivity contribution >= 4 is 5.78 Å². The Bertz CT molecular complexity index is 708. The first kappa shape index (κ1) is 23.5. The predicted octanol–water partition coefficient (Wildman–Crippen LogP) is 7.20. The molecule has 31 heavy (non-hydrogen) atoms. The third kappa shape index (κ3) is 3.87. The summed E-state index contributed by atoms with van der Waals surface area (Å²) in [7, 11) is 0. The van der Waals surface area contributed by atoms with Gasteiger partial charge in [-0.25, -0.2) is 0 Å². The molecule has 3 saturated carbocycles. The fraction of sp³-hybridized carbons (Fsp3) is 0.897. The van der Waals surface area contributed by atoms with Crippen molar-refractivity contribution in [3.63, 3.8) is 0 Å². The third-order valence-electron chi connectivity index (χ3n) is 11.1. The molecule has 1 N–H and O–H groups in total. The van der Waals surface area contributed by atoms with Crippen LogP contribution in [0.25, 0.3) is 0 Å². The molecule has 2 nitrogen and oxygen atoms in total. The molecule has 0 bridgehead atoms. The van der Waals surface area contributed by atoms with E-state index in [0.717, 1.165) is 42.9 Å². The van der Waals surface area contributed by atoms with Gasteiger partial charge < -0.3 is 5.11 Å². The largest absolute Gasteiger partial charge is 0.393 e. The van der Waals surface area contributed by atoms with E-state index in [1.807, 2.05) is 6.08 Å². The van der Waals surface area contributed by atoms with Gasteiger partial charge in [-0.15, -0.1) is 0 Å². The second-order valence-electron chi connectivity index (χ2n) is 12.8. The molecule has 0 unspecified atom stereocenters. The molecule has 3 fully saturated rings. The Balaban J connectivity index is 1.52. The monoisotopic (exact) mass is 428 g/mol. The van der Waals surface area contributed by atoms with Crippen molar-refractivity contribution in [3.05, 3.63) is 11.6 Å². The highest BCUT2D eigenvalue weighted by Gasteiger charge is 2.61. The summed E-state index contributed by atoms with van der Waals surface area (Å²) in [6.07, 6.45) is 13.5. The minimum Gasteiger partial charge on any atom is -0.393 e. The summed E-state index contributed by atoms with van der Waals surface area (Å²) in [6.45, 7) is 14.6. The summed E-state index contributed by atoms with van der Waals surface area (Å²) in [5, 5.41) is 10.2. The van der Waals surface area contributed by atoms with Gasteiger partial charge in [0.15, 0.2) is 5.78 Å². The Morgan fingerprint density at radius 2 is 1.77 bits per heavy atom. The number of carbonyl (C=O) groups is 1. The van der Waals surface area contributed by atoms with Gasteiger partial charge in [0.1, 0.15) is 0 Å². The molecule has 0 aromatic heterocycles. The zero-order chi connectivity index (χ0) is 22.6. The summed E-state index contributed by atoms with van der Waals surface area (Å²) in [5.41, 5.74) is 1.75. The predicted molar refractivity (Wildman–Crippen MR) is 129 cm³/mol. The van der Waals surface area contributed by atoms with Crippen LogP contribution in [0.2, 0.25) is 0 Å². The van der Waals surface area contributed by atoms with E-state index in [0.29, 0.717) is 23.0 Å². The Morgan fingerprint density at radius 1 is 1.03 bits per heavy atom. The number of allylic oxidation sites excluding steroid dienone is 1. The van der Waals surface area contributed by atoms with Crippen molar-refractivity contribution in [2.24, 2.45) is 52.3 Å². The molecular formula is C29H48O2. The molecule has 0 aromatic rings. The standard InChI is InChI=1S/C29H48O2/c1-7-20(18(2)3)9-8-19(4)23-10-11-24-27-25(13-15-29(23,24)6)28(5)14-12-22(30)16-21(28)17-26(27)31/h17-20,22-25,27,30H,7-16H2,1-6H3/t19-,20+,22+,23-,24+,25-,27+,28+,29-/m1/s1. The van der Waals surface area contributed by atoms with Crippen LogP contribution in [0.4, 0.5) is 0 Å². The van der Waals surface area contributed by atoms with Gasteiger partial charge in [0, 0.05) is 5.92 Å². The normalized spacial score (nSPS) is 44.3. The molecule has 0 aromatic carbocycles. The fourth-order valence-corrected chi connectivity index (χ4v) is 9.04. The summed E-state index contributed by atoms with van der Waals surface area (Å²) in [5.74, 6) is 4.90. The van der Waals surface area contributed by atoms with E-state index in [1.165, 1.54) is 50.5 Å². The molecule has 9 atom stereocenters. The molecule has 0 radical (unpaired) electrons. The van der Waals surface area contributed by atoms with Crippen molar-refractivity contribution in [2.75, 3.05) is 0 Å². The van der Waals surface area contributed by atoms with Crippen LogP contribution >= 0.6 is 0 Å². The van der Waals surface area contributed by atoms with E-state index in [2.05, 4.69) is 41.5 Å². The quantitative estimate of drug-likeness (QED) is 0.485. The first-order chi connectivity index (χ1) is 14.6. The maximum atomic E-state index is 13.5. The molecule has 176 valence electrons. The van der Waals surface area contributed by atoms with Gasteiger partial charge in [0.05, 0.1) is 6.10 Å². The number of carbonyl (C=O) groups excluding carboxylic acids is 1.